The van der Waals surface area contributed by atoms with E-state index in [1.165, 1.54) is 11.1 Å². The van der Waals surface area contributed by atoms with Crippen LogP contribution in [0.15, 0.2) is 48.5 Å². The molecule has 6 aliphatic heterocycles. The zero-order valence-electron chi connectivity index (χ0n) is 42.0. The number of rotatable bonds is 11. The van der Waals surface area contributed by atoms with Crippen molar-refractivity contribution in [3.8, 4) is 5.75 Å². The Labute approximate surface area is 401 Å². The average Bonchev–Trinajstić information content (AvgIpc) is 3.15. The first kappa shape index (κ1) is 55.4. The smallest absolute Gasteiger partial charge is 0.478 e. The molecule has 6 saturated heterocycles. The van der Waals surface area contributed by atoms with Crippen molar-refractivity contribution in [1.29, 1.82) is 0 Å². The number of hydrogen-bond acceptors (Lipinski definition) is 17. The summed E-state index contributed by atoms with van der Waals surface area (Å²) >= 11 is 0. The molecule has 66 heavy (non-hydrogen) atoms. The van der Waals surface area contributed by atoms with E-state index in [-0.39, 0.29) is 24.6 Å². The van der Waals surface area contributed by atoms with Crippen LogP contribution < -0.4 is 0 Å². The molecule has 372 valence electrons. The van der Waals surface area contributed by atoms with Crippen LogP contribution in [-0.2, 0) is 63.7 Å². The van der Waals surface area contributed by atoms with Gasteiger partial charge in [0.1, 0.15) is 11.4 Å². The largest absolute Gasteiger partial charge is 0.508 e. The number of benzene rings is 2. The Bertz CT molecular complexity index is 1890. The summed E-state index contributed by atoms with van der Waals surface area (Å²) in [6.07, 6.45) is 3.30. The number of carbonyl (C=O) groups excluding carboxylic acids is 2. The van der Waals surface area contributed by atoms with Crippen molar-refractivity contribution >= 4 is 82.4 Å². The summed E-state index contributed by atoms with van der Waals surface area (Å²) in [7, 11) is -28.8. The van der Waals surface area contributed by atoms with Crippen molar-refractivity contribution in [2.75, 3.05) is 6.61 Å². The number of phenolic OH excluding ortho intramolecular Hbond substituents is 1. The van der Waals surface area contributed by atoms with Crippen molar-refractivity contribution in [1.82, 2.24) is 0 Å². The summed E-state index contributed by atoms with van der Waals surface area (Å²) in [4.78, 5) is 24.3. The van der Waals surface area contributed by atoms with Crippen LogP contribution >= 0.6 is 0 Å². The van der Waals surface area contributed by atoms with E-state index in [9.17, 15) is 9.59 Å². The first-order chi connectivity index (χ1) is 30.2. The van der Waals surface area contributed by atoms with Crippen LogP contribution in [0.4, 0.5) is 0 Å². The predicted molar refractivity (Wildman–Crippen MR) is 262 cm³/mol. The molecule has 0 amide bonds. The molecule has 0 aliphatic carbocycles. The van der Waals surface area contributed by atoms with Gasteiger partial charge in [-0.3, -0.25) is 4.79 Å². The van der Waals surface area contributed by atoms with Gasteiger partial charge in [-0.2, -0.15) is 0 Å². The molecule has 0 spiro atoms. The normalized spacial score (nSPS) is 35.5. The van der Waals surface area contributed by atoms with Crippen LogP contribution in [0.1, 0.15) is 128 Å². The Hall–Kier alpha value is -1.56. The van der Waals surface area contributed by atoms with Gasteiger partial charge in [0.05, 0.1) is 17.6 Å². The van der Waals surface area contributed by atoms with E-state index in [0.717, 1.165) is 12.8 Å². The molecule has 1 N–H and O–H groups in total. The van der Waals surface area contributed by atoms with Crippen LogP contribution in [0.5, 0.6) is 5.75 Å². The van der Waals surface area contributed by atoms with Crippen LogP contribution in [0.2, 0.25) is 51.9 Å². The zero-order chi connectivity index (χ0) is 49.4. The Kier molecular flexibility index (Phi) is 17.0. The van der Waals surface area contributed by atoms with Crippen LogP contribution in [-0.4, -0.2) is 99.7 Å². The Morgan fingerprint density at radius 3 is 1.21 bits per heavy atom. The van der Waals surface area contributed by atoms with Gasteiger partial charge in [-0.15, -0.1) is 0 Å². The van der Waals surface area contributed by atoms with Crippen molar-refractivity contribution in [3.05, 3.63) is 65.2 Å². The van der Waals surface area contributed by atoms with Gasteiger partial charge in [0.2, 0.25) is 0 Å². The van der Waals surface area contributed by atoms with E-state index in [2.05, 4.69) is 27.7 Å². The number of esters is 2. The number of hydrogen-bond donors (Lipinski definition) is 1. The molecule has 2 unspecified atom stereocenters. The van der Waals surface area contributed by atoms with E-state index in [1.54, 1.807) is 58.0 Å². The number of phenols is 1. The third kappa shape index (κ3) is 14.3. The second kappa shape index (κ2) is 20.3. The second-order valence-corrected chi connectivity index (χ2v) is 43.5. The molecule has 0 saturated carbocycles. The molecular weight excluding hydrogens is 989 g/mol. The minimum Gasteiger partial charge on any atom is -0.508 e. The van der Waals surface area contributed by atoms with Crippen molar-refractivity contribution in [3.63, 3.8) is 0 Å². The van der Waals surface area contributed by atoms with Gasteiger partial charge < -0.3 is 64.0 Å². The van der Waals surface area contributed by atoms with Crippen molar-refractivity contribution in [2.45, 2.75) is 164 Å². The number of ether oxygens (including phenoxy) is 2. The fraction of sp³-hybridized carbons (Fsp3) is 0.659. The van der Waals surface area contributed by atoms with E-state index in [1.807, 2.05) is 77.9 Å². The van der Waals surface area contributed by atoms with Crippen LogP contribution in [0, 0.1) is 5.41 Å². The van der Waals surface area contributed by atoms with Gasteiger partial charge in [-0.1, -0.05) is 58.9 Å². The molecule has 8 bridgehead atoms. The second-order valence-electron chi connectivity index (χ2n) is 19.8. The van der Waals surface area contributed by atoms with Crippen molar-refractivity contribution in [2.24, 2.45) is 5.41 Å². The molecule has 2 atom stereocenters. The van der Waals surface area contributed by atoms with Crippen molar-refractivity contribution < 1.29 is 73.6 Å². The molecule has 8 rings (SSSR count). The lowest BCUT2D eigenvalue weighted by Crippen LogP contribution is -2.86. The monoisotopic (exact) mass is 1060 g/mol. The maximum atomic E-state index is 12.5. The van der Waals surface area contributed by atoms with Gasteiger partial charge in [-0.25, -0.2) is 4.79 Å². The first-order valence-electron chi connectivity index (χ1n) is 23.0. The lowest BCUT2D eigenvalue weighted by Gasteiger charge is -2.60. The molecule has 0 radical (unpaired) electrons. The lowest BCUT2D eigenvalue weighted by atomic mass is 9.91. The fourth-order valence-electron chi connectivity index (χ4n) is 7.88. The molecule has 0 aromatic heterocycles. The molecule has 6 fully saturated rings. The molecule has 25 heteroatoms. The van der Waals surface area contributed by atoms with E-state index >= 15 is 0 Å². The third-order valence-electron chi connectivity index (χ3n) is 11.5. The summed E-state index contributed by atoms with van der Waals surface area (Å²) in [5.74, 6) is 0.942. The lowest BCUT2D eigenvalue weighted by molar-refractivity contribution is -0.154. The molecule has 6 heterocycles. The molecule has 2 aromatic carbocycles. The maximum Gasteiger partial charge on any atom is 0.478 e. The van der Waals surface area contributed by atoms with Gasteiger partial charge in [0, 0.05) is 51.9 Å². The maximum absolute atomic E-state index is 12.5. The fourth-order valence-corrected chi connectivity index (χ4v) is 53.7. The van der Waals surface area contributed by atoms with Gasteiger partial charge in [0.15, 0.2) is 0 Å². The summed E-state index contributed by atoms with van der Waals surface area (Å²) < 4.78 is 90.1. The Morgan fingerprint density at radius 2 is 0.894 bits per heavy atom. The summed E-state index contributed by atoms with van der Waals surface area (Å²) in [6, 6.07) is 15.4. The minimum absolute atomic E-state index is 0.151. The SMILES string of the molecule is CCC(C)(C)C(=O)OCCC[Si]12O[Si]3(C)O[Si]4(C)O[Si]5(C)O[Si](C)(O3)O[Si](C)(O[Si](C)(O5)O[Si](C)(O4)O1)O2.CCC(C)c1ccc(C(=O)OC(C)(C)C)cc1.CCC(C)c1ccc(O)cc1. The number of carbonyl (C=O) groups is 2. The summed E-state index contributed by atoms with van der Waals surface area (Å²) in [5.41, 5.74) is 2.16. The highest BCUT2D eigenvalue weighted by atomic mass is 28.6. The first-order valence-corrected chi connectivity index (χ1v) is 40.5. The molecule has 6 aliphatic rings. The third-order valence-corrected chi connectivity index (χ3v) is 47.3. The standard InChI is InChI=1S/C16H38O14Si8.C15H22O2.C10H14O/c1-11-16(2,3)15(17)18-13-12-14-38-28-35(8)22-32(5)19-31(4)20-33(6,24-35)26-37(10,30-38)27-34(7,21-31)25-36(9,23-32)29-38;1-6-11(2)12-7-9-13(10-8-12)14(16)17-15(3,4)5;1-3-8(2)9-4-6-10(11)7-5-9/h11-14H2,1-10H3;7-11H,6H2,1-5H3;4-8,11H,3H2,1-2H3. The zero-order valence-corrected chi connectivity index (χ0v) is 50.0. The average molecular weight is 1060 g/mol. The van der Waals surface area contributed by atoms with Gasteiger partial charge in [0.25, 0.3) is 0 Å². The van der Waals surface area contributed by atoms with Gasteiger partial charge in [-0.05, 0) is 108 Å². The van der Waals surface area contributed by atoms with Gasteiger partial charge >= 0.3 is 82.4 Å². The molecular formula is C41H74O17Si8. The van der Waals surface area contributed by atoms with Crippen LogP contribution in [0.3, 0.4) is 0 Å². The summed E-state index contributed by atoms with van der Waals surface area (Å²) in [5, 5.41) is 9.01. The quantitative estimate of drug-likeness (QED) is 0.127. The van der Waals surface area contributed by atoms with Crippen LogP contribution in [0.25, 0.3) is 0 Å². The topological polar surface area (TPSA) is 184 Å². The highest BCUT2D eigenvalue weighted by Crippen LogP contribution is 2.49. The number of aromatic hydroxyl groups is 1. The van der Waals surface area contributed by atoms with E-state index in [0.29, 0.717) is 36.0 Å². The highest BCUT2D eigenvalue weighted by Gasteiger charge is 2.78. The van der Waals surface area contributed by atoms with E-state index < -0.39 is 81.5 Å². The molecule has 2 aromatic rings. The van der Waals surface area contributed by atoms with E-state index in [4.69, 9.17) is 64.0 Å². The Balaban J connectivity index is 0.000000239. The highest BCUT2D eigenvalue weighted by molar-refractivity contribution is 7.02. The molecule has 17 nitrogen and oxygen atoms in total. The predicted octanol–water partition coefficient (Wildman–Crippen LogP) is 9.60. The minimum atomic E-state index is -3.76. The summed E-state index contributed by atoms with van der Waals surface area (Å²) in [6.45, 7) is 32.3. The Morgan fingerprint density at radius 1 is 0.561 bits per heavy atom.